The summed E-state index contributed by atoms with van der Waals surface area (Å²) in [7, 11) is 0. The standard InChI is InChI=1S/C20H30N2O2/c1-3-9-19(23)21-14-16-10-8-13-22(15-16)20(24)18(4-2)17-11-6-5-7-12-17/h5-7,11-12,16,18H,3-4,8-10,13-15H2,1-2H3,(H,21,23)/t16-,18+/m1/s1. The molecule has 1 aliphatic heterocycles. The van der Waals surface area contributed by atoms with Gasteiger partial charge >= 0.3 is 0 Å². The zero-order chi connectivity index (χ0) is 17.4. The van der Waals surface area contributed by atoms with Crippen molar-refractivity contribution in [2.75, 3.05) is 19.6 Å². The largest absolute Gasteiger partial charge is 0.356 e. The van der Waals surface area contributed by atoms with Crippen LogP contribution >= 0.6 is 0 Å². The van der Waals surface area contributed by atoms with Crippen molar-refractivity contribution in [3.05, 3.63) is 35.9 Å². The Bertz CT molecular complexity index is 530. The monoisotopic (exact) mass is 330 g/mol. The van der Waals surface area contributed by atoms with Gasteiger partial charge in [-0.25, -0.2) is 0 Å². The molecule has 24 heavy (non-hydrogen) atoms. The summed E-state index contributed by atoms with van der Waals surface area (Å²) in [5.41, 5.74) is 1.10. The van der Waals surface area contributed by atoms with Crippen LogP contribution in [0.4, 0.5) is 0 Å². The first kappa shape index (κ1) is 18.5. The number of amides is 2. The van der Waals surface area contributed by atoms with E-state index in [1.165, 1.54) is 0 Å². The van der Waals surface area contributed by atoms with Crippen molar-refractivity contribution >= 4 is 11.8 Å². The molecule has 4 heteroatoms. The number of nitrogens with zero attached hydrogens (tertiary/aromatic N) is 1. The predicted molar refractivity (Wildman–Crippen MR) is 96.7 cm³/mol. The third-order valence-electron chi connectivity index (χ3n) is 4.80. The third-order valence-corrected chi connectivity index (χ3v) is 4.80. The molecule has 1 fully saturated rings. The summed E-state index contributed by atoms with van der Waals surface area (Å²) in [6.07, 6.45) is 4.37. The van der Waals surface area contributed by atoms with Gasteiger partial charge in [0.25, 0.3) is 0 Å². The lowest BCUT2D eigenvalue weighted by molar-refractivity contribution is -0.134. The Morgan fingerprint density at radius 3 is 2.67 bits per heavy atom. The summed E-state index contributed by atoms with van der Waals surface area (Å²) >= 11 is 0. The van der Waals surface area contributed by atoms with Crippen molar-refractivity contribution in [3.8, 4) is 0 Å². The Labute approximate surface area is 145 Å². The van der Waals surface area contributed by atoms with Crippen molar-refractivity contribution in [1.82, 2.24) is 10.2 Å². The molecule has 1 aliphatic rings. The van der Waals surface area contributed by atoms with Gasteiger partial charge in [-0.3, -0.25) is 9.59 Å². The number of piperidine rings is 1. The van der Waals surface area contributed by atoms with E-state index in [0.29, 0.717) is 18.9 Å². The van der Waals surface area contributed by atoms with Gasteiger partial charge in [-0.15, -0.1) is 0 Å². The van der Waals surface area contributed by atoms with E-state index in [4.69, 9.17) is 0 Å². The summed E-state index contributed by atoms with van der Waals surface area (Å²) < 4.78 is 0. The van der Waals surface area contributed by atoms with Crippen LogP contribution in [0.3, 0.4) is 0 Å². The van der Waals surface area contributed by atoms with Crippen molar-refractivity contribution in [1.29, 1.82) is 0 Å². The van der Waals surface area contributed by atoms with Crippen LogP contribution < -0.4 is 5.32 Å². The molecule has 0 saturated carbocycles. The molecule has 1 N–H and O–H groups in total. The molecule has 0 aliphatic carbocycles. The minimum Gasteiger partial charge on any atom is -0.356 e. The number of carbonyl (C=O) groups excluding carboxylic acids is 2. The Morgan fingerprint density at radius 2 is 2.00 bits per heavy atom. The first-order valence-corrected chi connectivity index (χ1v) is 9.26. The number of rotatable bonds is 7. The fraction of sp³-hybridized carbons (Fsp3) is 0.600. The van der Waals surface area contributed by atoms with E-state index in [1.807, 2.05) is 42.2 Å². The summed E-state index contributed by atoms with van der Waals surface area (Å²) in [6.45, 7) is 6.36. The van der Waals surface area contributed by atoms with Crippen LogP contribution in [0.25, 0.3) is 0 Å². The SMILES string of the molecule is CCCC(=O)NC[C@H]1CCCN(C(=O)[C@@H](CC)c2ccccc2)C1. The lowest BCUT2D eigenvalue weighted by Gasteiger charge is -2.35. The molecule has 0 radical (unpaired) electrons. The minimum absolute atomic E-state index is 0.0559. The Balaban J connectivity index is 1.93. The maximum absolute atomic E-state index is 13.0. The second-order valence-electron chi connectivity index (χ2n) is 6.72. The van der Waals surface area contributed by atoms with Crippen LogP contribution in [0.1, 0.15) is 57.4 Å². The first-order chi connectivity index (χ1) is 11.7. The smallest absolute Gasteiger partial charge is 0.230 e. The predicted octanol–water partition coefficient (Wildman–Crippen LogP) is 3.34. The molecule has 4 nitrogen and oxygen atoms in total. The molecule has 2 rings (SSSR count). The van der Waals surface area contributed by atoms with Gasteiger partial charge in [-0.05, 0) is 37.2 Å². The van der Waals surface area contributed by atoms with Gasteiger partial charge in [0.2, 0.25) is 11.8 Å². The van der Waals surface area contributed by atoms with Gasteiger partial charge in [-0.1, -0.05) is 44.2 Å². The number of hydrogen-bond acceptors (Lipinski definition) is 2. The highest BCUT2D eigenvalue weighted by molar-refractivity contribution is 5.83. The van der Waals surface area contributed by atoms with Crippen molar-refractivity contribution in [2.24, 2.45) is 5.92 Å². The molecule has 1 heterocycles. The van der Waals surface area contributed by atoms with Gasteiger partial charge in [0.05, 0.1) is 5.92 Å². The van der Waals surface area contributed by atoms with E-state index >= 15 is 0 Å². The van der Waals surface area contributed by atoms with E-state index in [2.05, 4.69) is 12.2 Å². The molecular formula is C20H30N2O2. The minimum atomic E-state index is -0.0559. The fourth-order valence-electron chi connectivity index (χ4n) is 3.46. The van der Waals surface area contributed by atoms with Gasteiger partial charge < -0.3 is 10.2 Å². The van der Waals surface area contributed by atoms with Crippen LogP contribution in [-0.2, 0) is 9.59 Å². The Hall–Kier alpha value is -1.84. The van der Waals surface area contributed by atoms with Crippen LogP contribution in [0.2, 0.25) is 0 Å². The fourth-order valence-corrected chi connectivity index (χ4v) is 3.46. The normalized spacial score (nSPS) is 18.9. The van der Waals surface area contributed by atoms with Crippen LogP contribution in [0.15, 0.2) is 30.3 Å². The van der Waals surface area contributed by atoms with Crippen molar-refractivity contribution in [2.45, 2.75) is 51.9 Å². The maximum Gasteiger partial charge on any atom is 0.230 e. The van der Waals surface area contributed by atoms with Crippen molar-refractivity contribution < 1.29 is 9.59 Å². The molecule has 1 aromatic carbocycles. The van der Waals surface area contributed by atoms with Gasteiger partial charge in [-0.2, -0.15) is 0 Å². The molecule has 2 atom stereocenters. The molecule has 1 saturated heterocycles. The zero-order valence-electron chi connectivity index (χ0n) is 15.0. The summed E-state index contributed by atoms with van der Waals surface area (Å²) in [5, 5.41) is 3.01. The zero-order valence-corrected chi connectivity index (χ0v) is 15.0. The molecule has 0 spiro atoms. The third kappa shape index (κ3) is 5.08. The second-order valence-corrected chi connectivity index (χ2v) is 6.72. The molecule has 2 amide bonds. The number of nitrogens with one attached hydrogen (secondary N) is 1. The van der Waals surface area contributed by atoms with E-state index in [0.717, 1.165) is 44.3 Å². The topological polar surface area (TPSA) is 49.4 Å². The summed E-state index contributed by atoms with van der Waals surface area (Å²) in [5.74, 6) is 0.668. The maximum atomic E-state index is 13.0. The van der Waals surface area contributed by atoms with E-state index in [-0.39, 0.29) is 17.7 Å². The van der Waals surface area contributed by atoms with Crippen LogP contribution in [0, 0.1) is 5.92 Å². The average molecular weight is 330 g/mol. The molecule has 0 aromatic heterocycles. The van der Waals surface area contributed by atoms with Gasteiger partial charge in [0.1, 0.15) is 0 Å². The van der Waals surface area contributed by atoms with E-state index in [9.17, 15) is 9.59 Å². The summed E-state index contributed by atoms with van der Waals surface area (Å²) in [4.78, 5) is 26.6. The number of carbonyl (C=O) groups is 2. The lowest BCUT2D eigenvalue weighted by Crippen LogP contribution is -2.45. The lowest BCUT2D eigenvalue weighted by atomic mass is 9.92. The number of benzene rings is 1. The number of hydrogen-bond donors (Lipinski definition) is 1. The summed E-state index contributed by atoms with van der Waals surface area (Å²) in [6, 6.07) is 10.1. The molecule has 1 aromatic rings. The molecular weight excluding hydrogens is 300 g/mol. The highest BCUT2D eigenvalue weighted by atomic mass is 16.2. The molecule has 0 bridgehead atoms. The van der Waals surface area contributed by atoms with E-state index in [1.54, 1.807) is 0 Å². The molecule has 132 valence electrons. The highest BCUT2D eigenvalue weighted by Crippen LogP contribution is 2.25. The molecule has 0 unspecified atom stereocenters. The second kappa shape index (κ2) is 9.45. The Morgan fingerprint density at radius 1 is 1.25 bits per heavy atom. The van der Waals surface area contributed by atoms with Crippen LogP contribution in [-0.4, -0.2) is 36.3 Å². The number of likely N-dealkylation sites (tertiary alicyclic amines) is 1. The Kier molecular flexibility index (Phi) is 7.29. The first-order valence-electron chi connectivity index (χ1n) is 9.26. The van der Waals surface area contributed by atoms with E-state index < -0.39 is 0 Å². The van der Waals surface area contributed by atoms with Gasteiger partial charge in [0, 0.05) is 26.1 Å². The average Bonchev–Trinajstić information content (AvgIpc) is 2.62. The van der Waals surface area contributed by atoms with Gasteiger partial charge in [0.15, 0.2) is 0 Å². The highest BCUT2D eigenvalue weighted by Gasteiger charge is 2.28. The van der Waals surface area contributed by atoms with Crippen LogP contribution in [0.5, 0.6) is 0 Å². The quantitative estimate of drug-likeness (QED) is 0.833. The van der Waals surface area contributed by atoms with Crippen molar-refractivity contribution in [3.63, 3.8) is 0 Å².